The maximum atomic E-state index is 5.54. The van der Waals surface area contributed by atoms with Gasteiger partial charge in [0.15, 0.2) is 5.82 Å². The van der Waals surface area contributed by atoms with Crippen LogP contribution in [-0.2, 0) is 26.3 Å². The van der Waals surface area contributed by atoms with Crippen molar-refractivity contribution in [2.24, 2.45) is 12.8 Å². The van der Waals surface area contributed by atoms with Crippen molar-refractivity contribution in [2.75, 3.05) is 6.54 Å². The van der Waals surface area contributed by atoms with Gasteiger partial charge in [0.1, 0.15) is 5.82 Å². The molecule has 0 aliphatic heterocycles. The van der Waals surface area contributed by atoms with Crippen LogP contribution in [0.1, 0.15) is 29.7 Å². The zero-order chi connectivity index (χ0) is 13.0. The number of aromatic nitrogens is 3. The van der Waals surface area contributed by atoms with Crippen LogP contribution in [0.5, 0.6) is 0 Å². The molecule has 0 atom stereocenters. The average molecular weight is 244 g/mol. The minimum Gasteiger partial charge on any atom is -0.330 e. The van der Waals surface area contributed by atoms with E-state index in [0.29, 0.717) is 6.54 Å². The van der Waals surface area contributed by atoms with Gasteiger partial charge >= 0.3 is 0 Å². The van der Waals surface area contributed by atoms with E-state index in [1.807, 2.05) is 11.7 Å². The molecule has 0 aliphatic carbocycles. The van der Waals surface area contributed by atoms with Crippen molar-refractivity contribution in [1.82, 2.24) is 14.8 Å². The minimum atomic E-state index is 0.608. The molecule has 1 heterocycles. The summed E-state index contributed by atoms with van der Waals surface area (Å²) in [6.45, 7) is 2.77. The SMILES string of the molecule is CCc1ccc(Cc2nc(CCN)n(C)n2)cc1. The Balaban J connectivity index is 2.10. The van der Waals surface area contributed by atoms with E-state index >= 15 is 0 Å². The second kappa shape index (κ2) is 5.78. The highest BCUT2D eigenvalue weighted by atomic mass is 15.3. The molecular weight excluding hydrogens is 224 g/mol. The Morgan fingerprint density at radius 1 is 1.17 bits per heavy atom. The van der Waals surface area contributed by atoms with Crippen LogP contribution in [0.2, 0.25) is 0 Å². The molecule has 18 heavy (non-hydrogen) atoms. The lowest BCUT2D eigenvalue weighted by molar-refractivity contribution is 0.691. The van der Waals surface area contributed by atoms with E-state index < -0.39 is 0 Å². The van der Waals surface area contributed by atoms with Gasteiger partial charge in [0.25, 0.3) is 0 Å². The molecule has 2 N–H and O–H groups in total. The van der Waals surface area contributed by atoms with Crippen molar-refractivity contribution in [3.8, 4) is 0 Å². The highest BCUT2D eigenvalue weighted by Crippen LogP contribution is 2.09. The highest BCUT2D eigenvalue weighted by molar-refractivity contribution is 5.24. The Morgan fingerprint density at radius 3 is 2.44 bits per heavy atom. The summed E-state index contributed by atoms with van der Waals surface area (Å²) in [5, 5.41) is 4.42. The Morgan fingerprint density at radius 2 is 1.83 bits per heavy atom. The van der Waals surface area contributed by atoms with Gasteiger partial charge in [-0.15, -0.1) is 0 Å². The lowest BCUT2D eigenvalue weighted by atomic mass is 10.1. The first-order valence-corrected chi connectivity index (χ1v) is 6.39. The van der Waals surface area contributed by atoms with Crippen molar-refractivity contribution in [3.05, 3.63) is 47.0 Å². The van der Waals surface area contributed by atoms with Crippen LogP contribution in [0.25, 0.3) is 0 Å². The maximum Gasteiger partial charge on any atom is 0.155 e. The molecule has 96 valence electrons. The fourth-order valence-electron chi connectivity index (χ4n) is 1.97. The van der Waals surface area contributed by atoms with Gasteiger partial charge in [0, 0.05) is 19.9 Å². The predicted octanol–water partition coefficient (Wildman–Crippen LogP) is 1.47. The molecular formula is C14H20N4. The van der Waals surface area contributed by atoms with Crippen LogP contribution in [0.15, 0.2) is 24.3 Å². The number of nitrogens with two attached hydrogens (primary N) is 1. The molecule has 1 aromatic heterocycles. The van der Waals surface area contributed by atoms with Crippen molar-refractivity contribution in [2.45, 2.75) is 26.2 Å². The van der Waals surface area contributed by atoms with Crippen molar-refractivity contribution < 1.29 is 0 Å². The first kappa shape index (κ1) is 12.8. The van der Waals surface area contributed by atoms with Crippen LogP contribution in [0, 0.1) is 0 Å². The largest absolute Gasteiger partial charge is 0.330 e. The summed E-state index contributed by atoms with van der Waals surface area (Å²) in [5.74, 6) is 1.82. The molecule has 0 saturated heterocycles. The molecule has 0 spiro atoms. The highest BCUT2D eigenvalue weighted by Gasteiger charge is 2.07. The fraction of sp³-hybridized carbons (Fsp3) is 0.429. The quantitative estimate of drug-likeness (QED) is 0.866. The molecule has 4 nitrogen and oxygen atoms in total. The molecule has 0 unspecified atom stereocenters. The number of hydrogen-bond acceptors (Lipinski definition) is 3. The third-order valence-electron chi connectivity index (χ3n) is 3.06. The van der Waals surface area contributed by atoms with Crippen molar-refractivity contribution >= 4 is 0 Å². The first-order chi connectivity index (χ1) is 8.72. The third kappa shape index (κ3) is 2.96. The number of rotatable bonds is 5. The van der Waals surface area contributed by atoms with Crippen molar-refractivity contribution in [3.63, 3.8) is 0 Å². The molecule has 1 aromatic carbocycles. The lowest BCUT2D eigenvalue weighted by Gasteiger charge is -1.99. The smallest absolute Gasteiger partial charge is 0.155 e. The number of benzene rings is 1. The molecule has 2 aromatic rings. The van der Waals surface area contributed by atoms with Crippen LogP contribution in [-0.4, -0.2) is 21.3 Å². The maximum absolute atomic E-state index is 5.54. The van der Waals surface area contributed by atoms with Crippen molar-refractivity contribution in [1.29, 1.82) is 0 Å². The second-order valence-corrected chi connectivity index (χ2v) is 4.45. The first-order valence-electron chi connectivity index (χ1n) is 6.39. The topological polar surface area (TPSA) is 56.7 Å². The Bertz CT molecular complexity index is 499. The van der Waals surface area contributed by atoms with E-state index in [-0.39, 0.29) is 0 Å². The van der Waals surface area contributed by atoms with Gasteiger partial charge in [-0.3, -0.25) is 4.68 Å². The van der Waals surface area contributed by atoms with E-state index in [2.05, 4.69) is 41.3 Å². The van der Waals surface area contributed by atoms with Crippen LogP contribution in [0.4, 0.5) is 0 Å². The summed E-state index contributed by atoms with van der Waals surface area (Å²) in [7, 11) is 1.92. The zero-order valence-corrected chi connectivity index (χ0v) is 11.1. The third-order valence-corrected chi connectivity index (χ3v) is 3.06. The Kier molecular flexibility index (Phi) is 4.10. The Hall–Kier alpha value is -1.68. The van der Waals surface area contributed by atoms with E-state index in [0.717, 1.165) is 30.9 Å². The summed E-state index contributed by atoms with van der Waals surface area (Å²) in [6, 6.07) is 8.63. The summed E-state index contributed by atoms with van der Waals surface area (Å²) in [6.07, 6.45) is 2.63. The second-order valence-electron chi connectivity index (χ2n) is 4.45. The normalized spacial score (nSPS) is 10.8. The molecule has 0 saturated carbocycles. The van der Waals surface area contributed by atoms with E-state index in [4.69, 9.17) is 5.73 Å². The predicted molar refractivity (Wildman–Crippen MR) is 72.4 cm³/mol. The number of hydrogen-bond donors (Lipinski definition) is 1. The molecule has 0 fully saturated rings. The molecule has 0 radical (unpaired) electrons. The molecule has 2 rings (SSSR count). The minimum absolute atomic E-state index is 0.608. The molecule has 4 heteroatoms. The van der Waals surface area contributed by atoms with E-state index in [9.17, 15) is 0 Å². The standard InChI is InChI=1S/C14H20N4/c1-3-11-4-6-12(7-5-11)10-13-16-14(8-9-15)18(2)17-13/h4-7H,3,8-10,15H2,1-2H3. The number of aryl methyl sites for hydroxylation is 2. The summed E-state index contributed by atoms with van der Waals surface area (Å²) >= 11 is 0. The average Bonchev–Trinajstić information content (AvgIpc) is 2.71. The molecule has 0 aliphatic rings. The van der Waals surface area contributed by atoms with Gasteiger partial charge in [-0.1, -0.05) is 31.2 Å². The van der Waals surface area contributed by atoms with Crippen LogP contribution < -0.4 is 5.73 Å². The number of nitrogens with zero attached hydrogens (tertiary/aromatic N) is 3. The summed E-state index contributed by atoms with van der Waals surface area (Å²) in [5.41, 5.74) is 8.15. The van der Waals surface area contributed by atoms with Gasteiger partial charge in [-0.05, 0) is 24.1 Å². The van der Waals surface area contributed by atoms with Gasteiger partial charge in [0.05, 0.1) is 0 Å². The van der Waals surface area contributed by atoms with Gasteiger partial charge in [0.2, 0.25) is 0 Å². The molecule has 0 amide bonds. The Labute approximate surface area is 108 Å². The van der Waals surface area contributed by atoms with Gasteiger partial charge < -0.3 is 5.73 Å². The van der Waals surface area contributed by atoms with Gasteiger partial charge in [-0.2, -0.15) is 5.10 Å². The van der Waals surface area contributed by atoms with Gasteiger partial charge in [-0.25, -0.2) is 4.98 Å². The van der Waals surface area contributed by atoms with E-state index in [1.165, 1.54) is 11.1 Å². The van der Waals surface area contributed by atoms with E-state index in [1.54, 1.807) is 0 Å². The zero-order valence-electron chi connectivity index (χ0n) is 11.1. The monoisotopic (exact) mass is 244 g/mol. The lowest BCUT2D eigenvalue weighted by Crippen LogP contribution is -2.08. The van der Waals surface area contributed by atoms with Crippen LogP contribution >= 0.6 is 0 Å². The molecule has 0 bridgehead atoms. The summed E-state index contributed by atoms with van der Waals surface area (Å²) < 4.78 is 1.82. The van der Waals surface area contributed by atoms with Crippen LogP contribution in [0.3, 0.4) is 0 Å². The summed E-state index contributed by atoms with van der Waals surface area (Å²) in [4.78, 5) is 4.51. The fourth-order valence-corrected chi connectivity index (χ4v) is 1.97.